The van der Waals surface area contributed by atoms with Crippen LogP contribution in [0, 0.1) is 11.8 Å². The number of hydrogen-bond donors (Lipinski definition) is 3. The Hall–Kier alpha value is -1.66. The van der Waals surface area contributed by atoms with E-state index in [1.165, 1.54) is 19.2 Å². The smallest absolute Gasteiger partial charge is 0.151 e. The van der Waals surface area contributed by atoms with Crippen molar-refractivity contribution in [2.75, 3.05) is 18.8 Å². The first-order chi connectivity index (χ1) is 11.1. The van der Waals surface area contributed by atoms with Crippen LogP contribution in [-0.4, -0.2) is 44.2 Å². The average Bonchev–Trinajstić information content (AvgIpc) is 3.10. The van der Waals surface area contributed by atoms with Crippen molar-refractivity contribution in [1.82, 2.24) is 19.9 Å². The van der Waals surface area contributed by atoms with Gasteiger partial charge in [-0.05, 0) is 18.3 Å². The SMILES string of the molecule is CCC(CC)C[C@H]1CN(Cc2c[nH]c3c(N)ncnc23)C[C@@H]1O. The highest BCUT2D eigenvalue weighted by Gasteiger charge is 2.32. The van der Waals surface area contributed by atoms with Gasteiger partial charge in [0.15, 0.2) is 5.82 Å². The van der Waals surface area contributed by atoms with Crippen LogP contribution in [0.1, 0.15) is 38.7 Å². The van der Waals surface area contributed by atoms with Crippen molar-refractivity contribution in [2.45, 2.75) is 45.8 Å². The molecular weight excluding hydrogens is 290 g/mol. The van der Waals surface area contributed by atoms with Crippen LogP contribution in [0.5, 0.6) is 0 Å². The largest absolute Gasteiger partial charge is 0.391 e. The van der Waals surface area contributed by atoms with Crippen LogP contribution in [-0.2, 0) is 6.54 Å². The maximum atomic E-state index is 10.4. The molecule has 0 radical (unpaired) electrons. The average molecular weight is 317 g/mol. The van der Waals surface area contributed by atoms with Gasteiger partial charge >= 0.3 is 0 Å². The predicted molar refractivity (Wildman–Crippen MR) is 91.8 cm³/mol. The third-order valence-corrected chi connectivity index (χ3v) is 5.24. The summed E-state index contributed by atoms with van der Waals surface area (Å²) in [6, 6.07) is 0. The van der Waals surface area contributed by atoms with Crippen molar-refractivity contribution < 1.29 is 5.11 Å². The van der Waals surface area contributed by atoms with E-state index < -0.39 is 0 Å². The summed E-state index contributed by atoms with van der Waals surface area (Å²) in [5.74, 6) is 1.58. The van der Waals surface area contributed by atoms with Crippen LogP contribution in [0.2, 0.25) is 0 Å². The summed E-state index contributed by atoms with van der Waals surface area (Å²) in [5, 5.41) is 10.4. The number of nitrogens with zero attached hydrogens (tertiary/aromatic N) is 3. The highest BCUT2D eigenvalue weighted by molar-refractivity contribution is 5.86. The molecule has 0 bridgehead atoms. The molecule has 1 aliphatic rings. The fourth-order valence-corrected chi connectivity index (χ4v) is 3.73. The van der Waals surface area contributed by atoms with E-state index in [1.54, 1.807) is 0 Å². The van der Waals surface area contributed by atoms with Crippen molar-refractivity contribution in [1.29, 1.82) is 0 Å². The molecule has 0 aliphatic carbocycles. The van der Waals surface area contributed by atoms with E-state index in [0.717, 1.165) is 48.6 Å². The van der Waals surface area contributed by atoms with Crippen LogP contribution in [0.15, 0.2) is 12.5 Å². The van der Waals surface area contributed by atoms with Crippen molar-refractivity contribution in [3.05, 3.63) is 18.1 Å². The maximum Gasteiger partial charge on any atom is 0.151 e. The number of β-amino-alcohol motifs (C(OH)–C–C–N with tert-alkyl or cyclic N) is 1. The van der Waals surface area contributed by atoms with Gasteiger partial charge in [0, 0.05) is 31.4 Å². The van der Waals surface area contributed by atoms with Crippen molar-refractivity contribution >= 4 is 16.9 Å². The normalized spacial score (nSPS) is 22.4. The summed E-state index contributed by atoms with van der Waals surface area (Å²) in [7, 11) is 0. The van der Waals surface area contributed by atoms with E-state index in [0.29, 0.717) is 11.7 Å². The summed E-state index contributed by atoms with van der Waals surface area (Å²) in [4.78, 5) is 13.8. The number of nitrogens with one attached hydrogen (secondary N) is 1. The number of aliphatic hydroxyl groups is 1. The van der Waals surface area contributed by atoms with Crippen molar-refractivity contribution in [3.8, 4) is 0 Å². The molecule has 0 spiro atoms. The minimum absolute atomic E-state index is 0.222. The Morgan fingerprint density at radius 2 is 2.13 bits per heavy atom. The number of aromatic nitrogens is 3. The van der Waals surface area contributed by atoms with Gasteiger partial charge in [-0.3, -0.25) is 4.90 Å². The van der Waals surface area contributed by atoms with Gasteiger partial charge in [0.05, 0.1) is 11.6 Å². The molecule has 3 rings (SSSR count). The molecule has 2 aromatic rings. The van der Waals surface area contributed by atoms with Crippen LogP contribution in [0.3, 0.4) is 0 Å². The molecule has 6 nitrogen and oxygen atoms in total. The van der Waals surface area contributed by atoms with Crippen LogP contribution in [0.25, 0.3) is 11.0 Å². The fourth-order valence-electron chi connectivity index (χ4n) is 3.73. The first-order valence-corrected chi connectivity index (χ1v) is 8.59. The molecule has 3 heterocycles. The Kier molecular flexibility index (Phi) is 4.82. The number of aliphatic hydroxyl groups excluding tert-OH is 1. The number of H-pyrrole nitrogens is 1. The lowest BCUT2D eigenvalue weighted by molar-refractivity contribution is 0.127. The first kappa shape index (κ1) is 16.2. The highest BCUT2D eigenvalue weighted by atomic mass is 16.3. The standard InChI is InChI=1S/C17H27N5O/c1-3-11(4-2)5-12-7-22(9-14(12)23)8-13-6-19-16-15(13)20-10-21-17(16)18/h6,10-12,14,19,23H,3-5,7-9H2,1-2H3,(H2,18,20,21)/t12-,14-/m0/s1. The van der Waals surface area contributed by atoms with Gasteiger partial charge in [-0.2, -0.15) is 0 Å². The van der Waals surface area contributed by atoms with Gasteiger partial charge in [-0.15, -0.1) is 0 Å². The molecule has 0 unspecified atom stereocenters. The molecule has 1 saturated heterocycles. The Bertz CT molecular complexity index is 651. The topological polar surface area (TPSA) is 91.1 Å². The van der Waals surface area contributed by atoms with E-state index in [2.05, 4.69) is 33.7 Å². The first-order valence-electron chi connectivity index (χ1n) is 8.59. The fraction of sp³-hybridized carbons (Fsp3) is 0.647. The molecule has 2 aromatic heterocycles. The zero-order valence-electron chi connectivity index (χ0n) is 14.0. The van der Waals surface area contributed by atoms with Gasteiger partial charge in [-0.25, -0.2) is 9.97 Å². The second-order valence-corrected chi connectivity index (χ2v) is 6.74. The summed E-state index contributed by atoms with van der Waals surface area (Å²) in [6.07, 6.45) is 6.74. The molecule has 1 fully saturated rings. The third-order valence-electron chi connectivity index (χ3n) is 5.24. The van der Waals surface area contributed by atoms with E-state index in [9.17, 15) is 5.11 Å². The van der Waals surface area contributed by atoms with Gasteiger partial charge in [-0.1, -0.05) is 26.7 Å². The molecule has 6 heteroatoms. The second-order valence-electron chi connectivity index (χ2n) is 6.74. The Morgan fingerprint density at radius 1 is 1.35 bits per heavy atom. The predicted octanol–water partition coefficient (Wildman–Crippen LogP) is 2.16. The number of nitrogen functional groups attached to an aromatic ring is 1. The Morgan fingerprint density at radius 3 is 2.87 bits per heavy atom. The van der Waals surface area contributed by atoms with Gasteiger partial charge < -0.3 is 15.8 Å². The van der Waals surface area contributed by atoms with Gasteiger partial charge in [0.2, 0.25) is 0 Å². The van der Waals surface area contributed by atoms with E-state index in [-0.39, 0.29) is 6.10 Å². The summed E-state index contributed by atoms with van der Waals surface area (Å²) >= 11 is 0. The molecule has 4 N–H and O–H groups in total. The van der Waals surface area contributed by atoms with E-state index >= 15 is 0 Å². The van der Waals surface area contributed by atoms with E-state index in [4.69, 9.17) is 5.73 Å². The van der Waals surface area contributed by atoms with Gasteiger partial charge in [0.25, 0.3) is 0 Å². The van der Waals surface area contributed by atoms with Gasteiger partial charge in [0.1, 0.15) is 11.8 Å². The lowest BCUT2D eigenvalue weighted by Crippen LogP contribution is -2.21. The number of anilines is 1. The number of hydrogen-bond acceptors (Lipinski definition) is 5. The molecule has 126 valence electrons. The van der Waals surface area contributed by atoms with Crippen LogP contribution < -0.4 is 5.73 Å². The zero-order chi connectivity index (χ0) is 16.4. The second kappa shape index (κ2) is 6.84. The molecule has 2 atom stereocenters. The lowest BCUT2D eigenvalue weighted by Gasteiger charge is -2.20. The Balaban J connectivity index is 1.68. The van der Waals surface area contributed by atoms with Crippen molar-refractivity contribution in [2.24, 2.45) is 11.8 Å². The third kappa shape index (κ3) is 3.33. The monoisotopic (exact) mass is 317 g/mol. The molecule has 0 amide bonds. The lowest BCUT2D eigenvalue weighted by atomic mass is 9.89. The molecule has 23 heavy (non-hydrogen) atoms. The highest BCUT2D eigenvalue weighted by Crippen LogP contribution is 2.29. The number of aromatic amines is 1. The van der Waals surface area contributed by atoms with Crippen molar-refractivity contribution in [3.63, 3.8) is 0 Å². The Labute approximate surface area is 137 Å². The molecule has 1 aliphatic heterocycles. The summed E-state index contributed by atoms with van der Waals surface area (Å²) in [5.41, 5.74) is 8.67. The number of fused-ring (bicyclic) bond motifs is 1. The molecular formula is C17H27N5O. The molecule has 0 aromatic carbocycles. The minimum atomic E-state index is -0.222. The number of nitrogens with two attached hydrogens (primary N) is 1. The number of rotatable bonds is 6. The number of likely N-dealkylation sites (tertiary alicyclic amines) is 1. The summed E-state index contributed by atoms with van der Waals surface area (Å²) in [6.45, 7) is 6.95. The zero-order valence-corrected chi connectivity index (χ0v) is 14.0. The van der Waals surface area contributed by atoms with Crippen LogP contribution in [0.4, 0.5) is 5.82 Å². The minimum Gasteiger partial charge on any atom is -0.391 e. The van der Waals surface area contributed by atoms with Crippen LogP contribution >= 0.6 is 0 Å². The summed E-state index contributed by atoms with van der Waals surface area (Å²) < 4.78 is 0. The maximum absolute atomic E-state index is 10.4. The van der Waals surface area contributed by atoms with E-state index in [1.807, 2.05) is 6.20 Å². The quantitative estimate of drug-likeness (QED) is 0.759. The molecule has 0 saturated carbocycles.